The second-order valence-corrected chi connectivity index (χ2v) is 6.69. The Bertz CT molecular complexity index is 204. The summed E-state index contributed by atoms with van der Waals surface area (Å²) in [7, 11) is 0. The molecule has 1 N–H and O–H groups in total. The van der Waals surface area contributed by atoms with Crippen LogP contribution in [0.2, 0.25) is 0 Å². The van der Waals surface area contributed by atoms with E-state index in [1.165, 1.54) is 96.3 Å². The van der Waals surface area contributed by atoms with Crippen LogP contribution in [0.1, 0.15) is 116 Å². The average molecular weight is 313 g/mol. The first-order valence-electron chi connectivity index (χ1n) is 9.96. The van der Waals surface area contributed by atoms with Crippen LogP contribution in [0.3, 0.4) is 0 Å². The summed E-state index contributed by atoms with van der Waals surface area (Å²) in [5.41, 5.74) is 0. The summed E-state index contributed by atoms with van der Waals surface area (Å²) in [5.74, 6) is 0. The van der Waals surface area contributed by atoms with Crippen molar-refractivity contribution in [1.29, 1.82) is 0 Å². The zero-order valence-corrected chi connectivity index (χ0v) is 14.9. The first-order valence-corrected chi connectivity index (χ1v) is 9.96. The van der Waals surface area contributed by atoms with Crippen LogP contribution < -0.4 is 0 Å². The Morgan fingerprint density at radius 2 is 0.727 bits per heavy atom. The van der Waals surface area contributed by atoms with Gasteiger partial charge in [-0.05, 0) is 12.8 Å². The van der Waals surface area contributed by atoms with Crippen molar-refractivity contribution in [2.75, 3.05) is 6.61 Å². The van der Waals surface area contributed by atoms with E-state index in [-0.39, 0.29) is 0 Å². The molecule has 0 heterocycles. The molecule has 0 fully saturated rings. The maximum atomic E-state index is 10.2. The molecule has 0 rings (SSSR count). The van der Waals surface area contributed by atoms with E-state index in [0.29, 0.717) is 6.61 Å². The van der Waals surface area contributed by atoms with Crippen LogP contribution in [0, 0.1) is 0 Å². The van der Waals surface area contributed by atoms with Crippen molar-refractivity contribution >= 4 is 6.29 Å². The molecular weight excluding hydrogens is 272 g/mol. The lowest BCUT2D eigenvalue weighted by molar-refractivity contribution is -0.107. The lowest BCUT2D eigenvalue weighted by atomic mass is 10.0. The second kappa shape index (κ2) is 20.6. The smallest absolute Gasteiger partial charge is 0.119 e. The summed E-state index contributed by atoms with van der Waals surface area (Å²) in [6.45, 7) is 0.361. The number of rotatable bonds is 19. The number of aliphatic hydroxyl groups is 1. The van der Waals surface area contributed by atoms with E-state index < -0.39 is 0 Å². The summed E-state index contributed by atoms with van der Waals surface area (Å²) in [5, 5.41) is 8.69. The third kappa shape index (κ3) is 19.6. The topological polar surface area (TPSA) is 37.3 Å². The van der Waals surface area contributed by atoms with Crippen LogP contribution in [-0.2, 0) is 4.79 Å². The molecule has 0 aromatic rings. The molecule has 2 nitrogen and oxygen atoms in total. The number of hydrogen-bond acceptors (Lipinski definition) is 2. The Hall–Kier alpha value is -0.370. The maximum Gasteiger partial charge on any atom is 0.119 e. The van der Waals surface area contributed by atoms with Gasteiger partial charge in [0.1, 0.15) is 6.29 Å². The Balaban J connectivity index is 2.92. The summed E-state index contributed by atoms with van der Waals surface area (Å²) < 4.78 is 0. The minimum absolute atomic E-state index is 0.361. The fourth-order valence-electron chi connectivity index (χ4n) is 2.99. The SMILES string of the molecule is O=CCCCCCCCCCCCCCCCCCCCO. The molecule has 22 heavy (non-hydrogen) atoms. The van der Waals surface area contributed by atoms with Crippen molar-refractivity contribution in [1.82, 2.24) is 0 Å². The number of carbonyl (C=O) groups is 1. The second-order valence-electron chi connectivity index (χ2n) is 6.69. The Morgan fingerprint density at radius 3 is 1.00 bits per heavy atom. The molecule has 0 spiro atoms. The zero-order chi connectivity index (χ0) is 16.1. The van der Waals surface area contributed by atoms with Crippen LogP contribution in [0.15, 0.2) is 0 Å². The van der Waals surface area contributed by atoms with Gasteiger partial charge in [-0.25, -0.2) is 0 Å². The van der Waals surface area contributed by atoms with Gasteiger partial charge in [0.2, 0.25) is 0 Å². The molecule has 0 aliphatic rings. The summed E-state index contributed by atoms with van der Waals surface area (Å²) in [6, 6.07) is 0. The normalized spacial score (nSPS) is 11.0. The van der Waals surface area contributed by atoms with E-state index in [1.54, 1.807) is 0 Å². The van der Waals surface area contributed by atoms with Crippen molar-refractivity contribution in [2.24, 2.45) is 0 Å². The predicted octanol–water partition coefficient (Wildman–Crippen LogP) is 6.20. The van der Waals surface area contributed by atoms with Gasteiger partial charge in [-0.15, -0.1) is 0 Å². The molecule has 0 bridgehead atoms. The maximum absolute atomic E-state index is 10.2. The van der Waals surface area contributed by atoms with Crippen LogP contribution in [-0.4, -0.2) is 18.0 Å². The summed E-state index contributed by atoms with van der Waals surface area (Å²) in [6.07, 6.45) is 24.3. The Morgan fingerprint density at radius 1 is 0.455 bits per heavy atom. The monoisotopic (exact) mass is 312 g/mol. The molecule has 0 unspecified atom stereocenters. The van der Waals surface area contributed by atoms with E-state index >= 15 is 0 Å². The highest BCUT2D eigenvalue weighted by Crippen LogP contribution is 2.14. The Kier molecular flexibility index (Phi) is 20.3. The van der Waals surface area contributed by atoms with Gasteiger partial charge in [-0.2, -0.15) is 0 Å². The minimum atomic E-state index is 0.361. The number of aliphatic hydroxyl groups excluding tert-OH is 1. The molecule has 0 saturated heterocycles. The molecule has 0 aromatic heterocycles. The number of carbonyl (C=O) groups excluding carboxylic acids is 1. The van der Waals surface area contributed by atoms with Crippen molar-refractivity contribution in [3.05, 3.63) is 0 Å². The number of aldehydes is 1. The Labute approximate surface area is 139 Å². The molecule has 0 radical (unpaired) electrons. The standard InChI is InChI=1S/C20H40O2/c21-19-17-15-13-11-9-7-5-3-1-2-4-6-8-10-12-14-16-18-20-22/h19,22H,1-18,20H2. The quantitative estimate of drug-likeness (QED) is 0.228. The van der Waals surface area contributed by atoms with Gasteiger partial charge in [-0.3, -0.25) is 0 Å². The number of unbranched alkanes of at least 4 members (excludes halogenated alkanes) is 17. The molecule has 0 aromatic carbocycles. The number of hydrogen-bond donors (Lipinski definition) is 1. The fourth-order valence-corrected chi connectivity index (χ4v) is 2.99. The van der Waals surface area contributed by atoms with Crippen molar-refractivity contribution in [2.45, 2.75) is 116 Å². The van der Waals surface area contributed by atoms with Crippen molar-refractivity contribution < 1.29 is 9.90 Å². The molecular formula is C20H40O2. The van der Waals surface area contributed by atoms with Crippen LogP contribution in [0.4, 0.5) is 0 Å². The first-order chi connectivity index (χ1) is 10.9. The molecule has 0 aliphatic heterocycles. The largest absolute Gasteiger partial charge is 0.396 e. The van der Waals surface area contributed by atoms with Crippen LogP contribution in [0.25, 0.3) is 0 Å². The van der Waals surface area contributed by atoms with E-state index in [2.05, 4.69) is 0 Å². The van der Waals surface area contributed by atoms with Gasteiger partial charge in [-0.1, -0.05) is 96.3 Å². The van der Waals surface area contributed by atoms with Crippen LogP contribution >= 0.6 is 0 Å². The van der Waals surface area contributed by atoms with Gasteiger partial charge < -0.3 is 9.90 Å². The molecule has 2 heteroatoms. The van der Waals surface area contributed by atoms with Gasteiger partial charge in [0.05, 0.1) is 0 Å². The third-order valence-electron chi connectivity index (χ3n) is 4.48. The highest BCUT2D eigenvalue weighted by atomic mass is 16.2. The van der Waals surface area contributed by atoms with E-state index in [0.717, 1.165) is 25.5 Å². The third-order valence-corrected chi connectivity index (χ3v) is 4.48. The van der Waals surface area contributed by atoms with Crippen molar-refractivity contribution in [3.8, 4) is 0 Å². The molecule has 0 saturated carbocycles. The lowest BCUT2D eigenvalue weighted by Crippen LogP contribution is -1.85. The predicted molar refractivity (Wildman–Crippen MR) is 96.3 cm³/mol. The first kappa shape index (κ1) is 21.6. The van der Waals surface area contributed by atoms with Gasteiger partial charge >= 0.3 is 0 Å². The van der Waals surface area contributed by atoms with Crippen molar-refractivity contribution in [3.63, 3.8) is 0 Å². The highest BCUT2D eigenvalue weighted by Gasteiger charge is 1.94. The van der Waals surface area contributed by atoms with E-state index in [9.17, 15) is 4.79 Å². The average Bonchev–Trinajstić information content (AvgIpc) is 2.54. The van der Waals surface area contributed by atoms with Gasteiger partial charge in [0, 0.05) is 13.0 Å². The van der Waals surface area contributed by atoms with Gasteiger partial charge in [0.25, 0.3) is 0 Å². The molecule has 0 aliphatic carbocycles. The molecule has 0 amide bonds. The van der Waals surface area contributed by atoms with E-state index in [4.69, 9.17) is 5.11 Å². The van der Waals surface area contributed by atoms with Gasteiger partial charge in [0.15, 0.2) is 0 Å². The molecule has 132 valence electrons. The van der Waals surface area contributed by atoms with E-state index in [1.807, 2.05) is 0 Å². The minimum Gasteiger partial charge on any atom is -0.396 e. The lowest BCUT2D eigenvalue weighted by Gasteiger charge is -2.03. The highest BCUT2D eigenvalue weighted by molar-refractivity contribution is 5.48. The molecule has 0 atom stereocenters. The van der Waals surface area contributed by atoms with Crippen LogP contribution in [0.5, 0.6) is 0 Å². The summed E-state index contributed by atoms with van der Waals surface area (Å²) in [4.78, 5) is 10.2. The fraction of sp³-hybridized carbons (Fsp3) is 0.950. The zero-order valence-electron chi connectivity index (χ0n) is 14.9. The summed E-state index contributed by atoms with van der Waals surface area (Å²) >= 11 is 0.